The molecular weight excluding hydrogens is 254 g/mol. The second kappa shape index (κ2) is 5.82. The number of hydrogen-bond acceptors (Lipinski definition) is 5. The summed E-state index contributed by atoms with van der Waals surface area (Å²) in [5.41, 5.74) is 5.42. The maximum atomic E-state index is 5.99. The number of methoxy groups -OCH3 is 1. The van der Waals surface area contributed by atoms with Gasteiger partial charge in [0.1, 0.15) is 5.60 Å². The van der Waals surface area contributed by atoms with E-state index in [9.17, 15) is 0 Å². The first-order valence-electron chi connectivity index (χ1n) is 7.52. The molecule has 0 amide bonds. The third kappa shape index (κ3) is 3.58. The lowest BCUT2D eigenvalue weighted by Crippen LogP contribution is -2.34. The molecule has 0 aromatic carbocycles. The van der Waals surface area contributed by atoms with Crippen molar-refractivity contribution in [2.45, 2.75) is 70.4 Å². The summed E-state index contributed by atoms with van der Waals surface area (Å²) in [7, 11) is 1.75. The Kier molecular flexibility index (Phi) is 4.49. The van der Waals surface area contributed by atoms with E-state index < -0.39 is 0 Å². The van der Waals surface area contributed by atoms with Crippen molar-refractivity contribution >= 4 is 0 Å². The van der Waals surface area contributed by atoms with Crippen molar-refractivity contribution in [3.05, 3.63) is 11.7 Å². The van der Waals surface area contributed by atoms with Crippen LogP contribution in [0.3, 0.4) is 0 Å². The second-order valence-corrected chi connectivity index (χ2v) is 6.88. The average molecular weight is 281 g/mol. The van der Waals surface area contributed by atoms with Gasteiger partial charge in [-0.1, -0.05) is 12.1 Å². The Bertz CT molecular complexity index is 429. The summed E-state index contributed by atoms with van der Waals surface area (Å²) >= 11 is 0. The van der Waals surface area contributed by atoms with E-state index in [2.05, 4.69) is 17.1 Å². The fraction of sp³-hybridized carbons (Fsp3) is 0.867. The molecule has 5 nitrogen and oxygen atoms in total. The first-order valence-corrected chi connectivity index (χ1v) is 7.52. The van der Waals surface area contributed by atoms with E-state index in [1.165, 1.54) is 0 Å². The second-order valence-electron chi connectivity index (χ2n) is 6.88. The van der Waals surface area contributed by atoms with Crippen LogP contribution in [-0.4, -0.2) is 22.8 Å². The predicted octanol–water partition coefficient (Wildman–Crippen LogP) is 2.79. The van der Waals surface area contributed by atoms with Gasteiger partial charge in [0.2, 0.25) is 11.7 Å². The van der Waals surface area contributed by atoms with Crippen molar-refractivity contribution in [1.82, 2.24) is 10.1 Å². The Labute approximate surface area is 121 Å². The fourth-order valence-corrected chi connectivity index (χ4v) is 2.72. The summed E-state index contributed by atoms with van der Waals surface area (Å²) in [4.78, 5) is 4.55. The van der Waals surface area contributed by atoms with Crippen molar-refractivity contribution in [2.24, 2.45) is 11.7 Å². The SMILES string of the molecule is COC1(c2noc(CCC(C)(C)N)n2)CCC(C)CC1. The molecule has 2 rings (SSSR count). The monoisotopic (exact) mass is 281 g/mol. The molecule has 2 N–H and O–H groups in total. The maximum absolute atomic E-state index is 5.99. The van der Waals surface area contributed by atoms with Crippen LogP contribution in [0.4, 0.5) is 0 Å². The van der Waals surface area contributed by atoms with Crippen LogP contribution in [0, 0.1) is 5.92 Å². The zero-order valence-electron chi connectivity index (χ0n) is 13.1. The van der Waals surface area contributed by atoms with Crippen molar-refractivity contribution in [3.63, 3.8) is 0 Å². The molecular formula is C15H27N3O2. The van der Waals surface area contributed by atoms with Gasteiger partial charge >= 0.3 is 0 Å². The van der Waals surface area contributed by atoms with Gasteiger partial charge in [0.05, 0.1) is 0 Å². The van der Waals surface area contributed by atoms with Gasteiger partial charge in [0.15, 0.2) is 0 Å². The standard InChI is InChI=1S/C15H27N3O2/c1-11-5-9-15(19-4,10-6-11)13-17-12(20-18-13)7-8-14(2,3)16/h11H,5-10,16H2,1-4H3. The lowest BCUT2D eigenvalue weighted by atomic mass is 9.79. The first kappa shape index (κ1) is 15.4. The minimum Gasteiger partial charge on any atom is -0.370 e. The minimum atomic E-state index is -0.355. The number of hydrogen-bond donors (Lipinski definition) is 1. The Balaban J connectivity index is 2.06. The number of nitrogens with two attached hydrogens (primary N) is 1. The molecule has 1 aliphatic carbocycles. The lowest BCUT2D eigenvalue weighted by molar-refractivity contribution is -0.0609. The molecule has 0 atom stereocenters. The summed E-state index contributed by atoms with van der Waals surface area (Å²) in [6.07, 6.45) is 5.76. The molecule has 1 aliphatic rings. The molecule has 1 fully saturated rings. The first-order chi connectivity index (χ1) is 9.35. The number of rotatable bonds is 5. The highest BCUT2D eigenvalue weighted by Crippen LogP contribution is 2.40. The van der Waals surface area contributed by atoms with E-state index in [-0.39, 0.29) is 11.1 Å². The molecule has 1 aromatic heterocycles. The van der Waals surface area contributed by atoms with Crippen molar-refractivity contribution in [2.75, 3.05) is 7.11 Å². The van der Waals surface area contributed by atoms with Gasteiger partial charge in [-0.2, -0.15) is 4.98 Å². The topological polar surface area (TPSA) is 74.2 Å². The van der Waals surface area contributed by atoms with Crippen LogP contribution in [0.2, 0.25) is 0 Å². The maximum Gasteiger partial charge on any atom is 0.226 e. The quantitative estimate of drug-likeness (QED) is 0.898. The van der Waals surface area contributed by atoms with Crippen molar-refractivity contribution < 1.29 is 9.26 Å². The third-order valence-corrected chi connectivity index (χ3v) is 4.33. The van der Waals surface area contributed by atoms with Crippen LogP contribution in [0.25, 0.3) is 0 Å². The van der Waals surface area contributed by atoms with E-state index in [4.69, 9.17) is 15.0 Å². The lowest BCUT2D eigenvalue weighted by Gasteiger charge is -2.35. The van der Waals surface area contributed by atoms with Gasteiger partial charge < -0.3 is 15.0 Å². The number of aryl methyl sites for hydroxylation is 1. The van der Waals surface area contributed by atoms with E-state index in [1.807, 2.05) is 13.8 Å². The van der Waals surface area contributed by atoms with Crippen molar-refractivity contribution in [3.8, 4) is 0 Å². The van der Waals surface area contributed by atoms with E-state index >= 15 is 0 Å². The predicted molar refractivity (Wildman–Crippen MR) is 77.2 cm³/mol. The molecule has 1 aromatic rings. The zero-order chi connectivity index (χ0) is 14.8. The van der Waals surface area contributed by atoms with Gasteiger partial charge in [-0.05, 0) is 51.9 Å². The van der Waals surface area contributed by atoms with Gasteiger partial charge in [0.25, 0.3) is 0 Å². The molecule has 0 saturated heterocycles. The van der Waals surface area contributed by atoms with Crippen LogP contribution in [0.1, 0.15) is 64.6 Å². The minimum absolute atomic E-state index is 0.214. The molecule has 20 heavy (non-hydrogen) atoms. The van der Waals surface area contributed by atoms with Crippen LogP contribution in [0.15, 0.2) is 4.52 Å². The Morgan fingerprint density at radius 2 is 2.05 bits per heavy atom. The largest absolute Gasteiger partial charge is 0.370 e. The summed E-state index contributed by atoms with van der Waals surface area (Å²) in [5, 5.41) is 4.16. The van der Waals surface area contributed by atoms with Gasteiger partial charge in [-0.3, -0.25) is 0 Å². The molecule has 1 saturated carbocycles. The Morgan fingerprint density at radius 1 is 1.40 bits per heavy atom. The summed E-state index contributed by atoms with van der Waals surface area (Å²) in [5.74, 6) is 2.12. The van der Waals surface area contributed by atoms with E-state index in [1.54, 1.807) is 7.11 Å². The molecule has 5 heteroatoms. The highest BCUT2D eigenvalue weighted by atomic mass is 16.5. The zero-order valence-corrected chi connectivity index (χ0v) is 13.1. The summed E-state index contributed by atoms with van der Waals surface area (Å²) < 4.78 is 11.1. The van der Waals surface area contributed by atoms with Crippen LogP contribution in [0.5, 0.6) is 0 Å². The van der Waals surface area contributed by atoms with E-state index in [0.29, 0.717) is 18.1 Å². The number of ether oxygens (including phenoxy) is 1. The molecule has 0 spiro atoms. The van der Waals surface area contributed by atoms with Gasteiger partial charge in [-0.15, -0.1) is 0 Å². The van der Waals surface area contributed by atoms with Crippen LogP contribution in [-0.2, 0) is 16.8 Å². The third-order valence-electron chi connectivity index (χ3n) is 4.33. The van der Waals surface area contributed by atoms with Gasteiger partial charge in [0, 0.05) is 19.1 Å². The Hall–Kier alpha value is -0.940. The molecule has 1 heterocycles. The summed E-state index contributed by atoms with van der Waals surface area (Å²) in [6.45, 7) is 6.29. The molecule has 0 aliphatic heterocycles. The molecule has 0 unspecified atom stereocenters. The highest BCUT2D eigenvalue weighted by Gasteiger charge is 2.40. The molecule has 114 valence electrons. The van der Waals surface area contributed by atoms with Crippen LogP contribution >= 0.6 is 0 Å². The normalized spacial score (nSPS) is 27.8. The number of aromatic nitrogens is 2. The van der Waals surface area contributed by atoms with Gasteiger partial charge in [-0.25, -0.2) is 0 Å². The fourth-order valence-electron chi connectivity index (χ4n) is 2.72. The molecule has 0 bridgehead atoms. The average Bonchev–Trinajstić information content (AvgIpc) is 2.86. The number of nitrogens with zero attached hydrogens (tertiary/aromatic N) is 2. The van der Waals surface area contributed by atoms with Crippen molar-refractivity contribution in [1.29, 1.82) is 0 Å². The Morgan fingerprint density at radius 3 is 2.60 bits per heavy atom. The molecule has 0 radical (unpaired) electrons. The highest BCUT2D eigenvalue weighted by molar-refractivity contribution is 5.04. The summed E-state index contributed by atoms with van der Waals surface area (Å²) in [6, 6.07) is 0. The van der Waals surface area contributed by atoms with Crippen LogP contribution < -0.4 is 5.73 Å². The van der Waals surface area contributed by atoms with E-state index in [0.717, 1.165) is 38.0 Å². The smallest absolute Gasteiger partial charge is 0.226 e.